The molecule has 2 rings (SSSR count). The molecule has 0 aromatic heterocycles. The number of benzene rings is 2. The van der Waals surface area contributed by atoms with Crippen molar-refractivity contribution in [3.05, 3.63) is 70.8 Å². The highest BCUT2D eigenvalue weighted by Gasteiger charge is 2.04. The van der Waals surface area contributed by atoms with E-state index >= 15 is 0 Å². The number of halogens is 1. The van der Waals surface area contributed by atoms with Gasteiger partial charge in [0.25, 0.3) is 0 Å². The third kappa shape index (κ3) is 28.0. The Morgan fingerprint density at radius 3 is 1.81 bits per heavy atom. The fourth-order valence-corrected chi connectivity index (χ4v) is 3.19. The van der Waals surface area contributed by atoms with Gasteiger partial charge in [0.05, 0.1) is 22.0 Å². The lowest BCUT2D eigenvalue weighted by atomic mass is 10.0. The number of aryl methyl sites for hydroxylation is 1. The Kier molecular flexibility index (Phi) is 35.3. The zero-order valence-corrected chi connectivity index (χ0v) is 27.1. The van der Waals surface area contributed by atoms with Crippen LogP contribution in [0.1, 0.15) is 35.1 Å². The van der Waals surface area contributed by atoms with E-state index in [1.807, 2.05) is 57.6 Å². The first-order valence-corrected chi connectivity index (χ1v) is 14.0. The van der Waals surface area contributed by atoms with E-state index in [2.05, 4.69) is 20.1 Å². The quantitative estimate of drug-likeness (QED) is 0.133. The summed E-state index contributed by atoms with van der Waals surface area (Å²) in [5.74, 6) is -0.268. The number of methoxy groups -OCH3 is 3. The predicted molar refractivity (Wildman–Crippen MR) is 173 cm³/mol. The molecule has 42 heavy (non-hydrogen) atoms. The van der Waals surface area contributed by atoms with Crippen LogP contribution in [0.3, 0.4) is 0 Å². The summed E-state index contributed by atoms with van der Waals surface area (Å²) in [5.41, 5.74) is 9.59. The van der Waals surface area contributed by atoms with E-state index in [0.29, 0.717) is 13.0 Å². The van der Waals surface area contributed by atoms with Gasteiger partial charge in [-0.3, -0.25) is 9.59 Å². The van der Waals surface area contributed by atoms with Gasteiger partial charge in [0.1, 0.15) is 26.4 Å². The molecule has 13 heteroatoms. The maximum Gasteiger partial charge on any atom is 0.332 e. The van der Waals surface area contributed by atoms with Crippen molar-refractivity contribution in [1.29, 1.82) is 0 Å². The van der Waals surface area contributed by atoms with E-state index in [-0.39, 0.29) is 44.8 Å². The smallest absolute Gasteiger partial charge is 0.332 e. The number of ketones is 1. The Labute approximate surface area is 261 Å². The van der Waals surface area contributed by atoms with Crippen LogP contribution in [0.15, 0.2) is 48.5 Å². The lowest BCUT2D eigenvalue weighted by molar-refractivity contribution is -0.149. The van der Waals surface area contributed by atoms with Crippen LogP contribution in [0.25, 0.3) is 0 Å². The molecule has 0 heterocycles. The molecule has 2 aromatic rings. The van der Waals surface area contributed by atoms with Gasteiger partial charge in [-0.15, -0.1) is 0 Å². The normalized spacial score (nSPS) is 9.24. The van der Waals surface area contributed by atoms with Crippen molar-refractivity contribution in [1.82, 2.24) is 0 Å². The van der Waals surface area contributed by atoms with Crippen molar-refractivity contribution in [2.75, 3.05) is 47.7 Å². The average molecular weight is 624 g/mol. The molecule has 0 aliphatic rings. The molecule has 0 aliphatic carbocycles. The van der Waals surface area contributed by atoms with Crippen LogP contribution >= 0.6 is 20.7 Å². The zero-order chi connectivity index (χ0) is 32.6. The average Bonchev–Trinajstić information content (AvgIpc) is 3.00. The van der Waals surface area contributed by atoms with Gasteiger partial charge in [0.2, 0.25) is 5.24 Å². The molecule has 0 bridgehead atoms. The Hall–Kier alpha value is -2.10. The van der Waals surface area contributed by atoms with Crippen LogP contribution in [0.4, 0.5) is 0 Å². The number of rotatable bonds is 15. The fraction of sp³-hybridized carbons (Fsp3) is 0.483. The van der Waals surface area contributed by atoms with E-state index in [9.17, 15) is 14.4 Å². The van der Waals surface area contributed by atoms with Crippen molar-refractivity contribution in [2.24, 2.45) is 5.73 Å². The van der Waals surface area contributed by atoms with Crippen LogP contribution in [-0.2, 0) is 59.4 Å². The first-order valence-electron chi connectivity index (χ1n) is 13.0. The molecular formula is C29H45B2ClNO8P. The summed E-state index contributed by atoms with van der Waals surface area (Å²) in [6.07, 6.45) is 3.00. The fourth-order valence-electron chi connectivity index (χ4n) is 3.08. The van der Waals surface area contributed by atoms with Crippen LogP contribution in [0.2, 0.25) is 6.82 Å². The number of hydrogen-bond acceptors (Lipinski definition) is 9. The Morgan fingerprint density at radius 1 is 0.833 bits per heavy atom. The van der Waals surface area contributed by atoms with Crippen LogP contribution in [-0.4, -0.2) is 85.2 Å². The van der Waals surface area contributed by atoms with E-state index in [0.717, 1.165) is 36.0 Å². The summed E-state index contributed by atoms with van der Waals surface area (Å²) in [6, 6.07) is 15.7. The Bertz CT molecular complexity index is 957. The molecule has 232 valence electrons. The van der Waals surface area contributed by atoms with Crippen molar-refractivity contribution >= 4 is 53.1 Å². The van der Waals surface area contributed by atoms with E-state index in [4.69, 9.17) is 36.7 Å². The van der Waals surface area contributed by atoms with Gasteiger partial charge >= 0.3 is 5.97 Å². The molecule has 0 aliphatic heterocycles. The molecule has 0 saturated carbocycles. The lowest BCUT2D eigenvalue weighted by Gasteiger charge is -2.07. The number of hydrogen-bond donors (Lipinski definition) is 2. The third-order valence-corrected chi connectivity index (χ3v) is 4.85. The maximum absolute atomic E-state index is 11.3. The van der Waals surface area contributed by atoms with Crippen molar-refractivity contribution in [3.63, 3.8) is 0 Å². The van der Waals surface area contributed by atoms with Crippen LogP contribution in [0, 0.1) is 0 Å². The minimum atomic E-state index is -0.461. The summed E-state index contributed by atoms with van der Waals surface area (Å²) in [4.78, 5) is 32.2. The van der Waals surface area contributed by atoms with E-state index in [1.165, 1.54) is 33.7 Å². The molecule has 2 aromatic carbocycles. The molecule has 0 spiro atoms. The van der Waals surface area contributed by atoms with E-state index < -0.39 is 5.24 Å². The van der Waals surface area contributed by atoms with Gasteiger partial charge in [-0.2, -0.15) is 9.12 Å². The highest BCUT2D eigenvalue weighted by molar-refractivity contribution is 7.49. The minimum absolute atomic E-state index is 0.00154. The Balaban J connectivity index is -0.000000602. The van der Waals surface area contributed by atoms with Crippen molar-refractivity contribution in [2.45, 2.75) is 45.7 Å². The molecule has 0 amide bonds. The number of ether oxygens (including phenoxy) is 4. The van der Waals surface area contributed by atoms with E-state index in [1.54, 1.807) is 0 Å². The topological polar surface area (TPSA) is 134 Å². The number of carbonyl (C=O) groups is 3. The van der Waals surface area contributed by atoms with Crippen molar-refractivity contribution in [3.8, 4) is 0 Å². The highest BCUT2D eigenvalue weighted by atomic mass is 35.5. The van der Waals surface area contributed by atoms with Crippen LogP contribution < -0.4 is 5.73 Å². The molecule has 1 atom stereocenters. The second kappa shape index (κ2) is 33.4. The largest absolute Gasteiger partial charge is 0.459 e. The van der Waals surface area contributed by atoms with Gasteiger partial charge in [-0.05, 0) is 59.7 Å². The number of nitrogens with two attached hydrogens (primary N) is 1. The lowest BCUT2D eigenvalue weighted by Crippen LogP contribution is -2.11. The second-order valence-corrected chi connectivity index (χ2v) is 8.47. The van der Waals surface area contributed by atoms with Gasteiger partial charge < -0.3 is 29.8 Å². The summed E-state index contributed by atoms with van der Waals surface area (Å²) < 4.78 is 18.9. The molecule has 9 nitrogen and oxygen atoms in total. The molecule has 1 unspecified atom stereocenters. The number of aliphatic hydroxyl groups is 1. The molecule has 0 fully saturated rings. The number of carbonyl (C=O) groups excluding carboxylic acids is 3. The van der Waals surface area contributed by atoms with Gasteiger partial charge in [0, 0.05) is 27.8 Å². The minimum Gasteiger partial charge on any atom is -0.459 e. The monoisotopic (exact) mass is 623 g/mol. The first kappa shape index (κ1) is 44.3. The summed E-state index contributed by atoms with van der Waals surface area (Å²) in [7, 11) is 15.2. The molecule has 4 radical (unpaired) electrons. The second-order valence-electron chi connectivity index (χ2n) is 8.04. The summed E-state index contributed by atoms with van der Waals surface area (Å²) >= 11 is 4.81. The van der Waals surface area contributed by atoms with Gasteiger partial charge in [-0.25, -0.2) is 4.79 Å². The van der Waals surface area contributed by atoms with Crippen LogP contribution in [0.5, 0.6) is 0 Å². The third-order valence-electron chi connectivity index (χ3n) is 4.74. The maximum atomic E-state index is 11.3. The SMILES string of the molecule is COCC(=O)CCCc1cccc(COC(=O)COC)c1.COCC(=O)Cl.NCCc1cccc(CO)c1.[B]C.[B]P. The predicted octanol–water partition coefficient (Wildman–Crippen LogP) is 3.14. The molecular weight excluding hydrogens is 578 g/mol. The molecule has 3 N–H and O–H groups in total. The zero-order valence-electron chi connectivity index (χ0n) is 25.2. The number of aliphatic hydroxyl groups excluding tert-OH is 1. The van der Waals surface area contributed by atoms with Gasteiger partial charge in [-0.1, -0.05) is 55.4 Å². The Morgan fingerprint density at radius 2 is 1.33 bits per heavy atom. The molecule has 0 saturated heterocycles. The van der Waals surface area contributed by atoms with Gasteiger partial charge in [0.15, 0.2) is 5.78 Å². The number of Topliss-reactive ketones (excluding diaryl/α,β-unsaturated/α-hetero) is 1. The highest BCUT2D eigenvalue weighted by Crippen LogP contribution is 2.10. The first-order chi connectivity index (χ1) is 20.3. The summed E-state index contributed by atoms with van der Waals surface area (Å²) in [5, 5.41) is 8.34. The summed E-state index contributed by atoms with van der Waals surface area (Å²) in [6.45, 7) is 2.64. The van der Waals surface area contributed by atoms with Crippen molar-refractivity contribution < 1.29 is 38.4 Å². The number of esters is 1. The standard InChI is InChI=1S/C16H22O5.C9H13NO.C3H5ClO2.CH3B.BH2P/c1-19-11-15(17)8-4-6-13-5-3-7-14(9-13)10-21-16(18)12-20-2;10-5-4-8-2-1-3-9(6-8)7-11;1-6-2-3(4)5;2*1-2/h3,5,7,9H,4,6,8,10-12H2,1-2H3;1-3,6,11H,4-5,7,10H2;2H2,1H3;1H3;2H2.